The van der Waals surface area contributed by atoms with Crippen molar-refractivity contribution in [2.45, 2.75) is 13.1 Å². The van der Waals surface area contributed by atoms with Crippen LogP contribution in [-0.4, -0.2) is 36.0 Å². The maximum absolute atomic E-state index is 5.85. The van der Waals surface area contributed by atoms with E-state index in [1.807, 2.05) is 60.1 Å². The number of hydrogen-bond donors (Lipinski definition) is 2. The lowest BCUT2D eigenvalue weighted by Crippen LogP contribution is -2.21. The SMILES string of the molecule is CNc1ccc(Cn2nc(N)nc2N(C)Cc2ccc(OC)cc2)cc1. The van der Waals surface area contributed by atoms with Gasteiger partial charge in [-0.05, 0) is 35.4 Å². The van der Waals surface area contributed by atoms with Crippen molar-refractivity contribution >= 4 is 17.6 Å². The molecule has 7 nitrogen and oxygen atoms in total. The number of anilines is 3. The van der Waals surface area contributed by atoms with Gasteiger partial charge < -0.3 is 20.7 Å². The van der Waals surface area contributed by atoms with E-state index in [4.69, 9.17) is 10.5 Å². The zero-order valence-electron chi connectivity index (χ0n) is 15.3. The van der Waals surface area contributed by atoms with E-state index in [9.17, 15) is 0 Å². The molecule has 3 rings (SSSR count). The van der Waals surface area contributed by atoms with E-state index in [-0.39, 0.29) is 5.95 Å². The number of nitrogen functional groups attached to an aromatic ring is 1. The molecule has 0 unspecified atom stereocenters. The van der Waals surface area contributed by atoms with Crippen LogP contribution >= 0.6 is 0 Å². The van der Waals surface area contributed by atoms with Crippen LogP contribution in [0.3, 0.4) is 0 Å². The number of nitrogens with two attached hydrogens (primary N) is 1. The van der Waals surface area contributed by atoms with Crippen LogP contribution in [0.1, 0.15) is 11.1 Å². The molecule has 0 aliphatic heterocycles. The Kier molecular flexibility index (Phi) is 5.26. The maximum Gasteiger partial charge on any atom is 0.241 e. The summed E-state index contributed by atoms with van der Waals surface area (Å²) in [5.41, 5.74) is 9.21. The van der Waals surface area contributed by atoms with Crippen LogP contribution in [0.25, 0.3) is 0 Å². The fourth-order valence-electron chi connectivity index (χ4n) is 2.76. The highest BCUT2D eigenvalue weighted by molar-refractivity contribution is 5.44. The van der Waals surface area contributed by atoms with Crippen molar-refractivity contribution in [3.8, 4) is 5.75 Å². The molecule has 2 aromatic carbocycles. The lowest BCUT2D eigenvalue weighted by atomic mass is 10.2. The van der Waals surface area contributed by atoms with Gasteiger partial charge in [0.05, 0.1) is 13.7 Å². The minimum absolute atomic E-state index is 0.272. The standard InChI is InChI=1S/C19H24N6O/c1-21-16-8-4-15(5-9-16)13-25-19(22-18(20)23-25)24(2)12-14-6-10-17(26-3)11-7-14/h4-11,21H,12-13H2,1-3H3,(H2,20,23). The summed E-state index contributed by atoms with van der Waals surface area (Å²) in [6.07, 6.45) is 0. The van der Waals surface area contributed by atoms with Gasteiger partial charge in [0.25, 0.3) is 0 Å². The lowest BCUT2D eigenvalue weighted by molar-refractivity contribution is 0.414. The number of rotatable bonds is 7. The highest BCUT2D eigenvalue weighted by Crippen LogP contribution is 2.19. The number of benzene rings is 2. The highest BCUT2D eigenvalue weighted by atomic mass is 16.5. The number of aromatic nitrogens is 3. The molecular weight excluding hydrogens is 328 g/mol. The van der Waals surface area contributed by atoms with Gasteiger partial charge in [0.2, 0.25) is 11.9 Å². The van der Waals surface area contributed by atoms with Crippen LogP contribution in [0, 0.1) is 0 Å². The maximum atomic E-state index is 5.85. The van der Waals surface area contributed by atoms with Gasteiger partial charge in [-0.25, -0.2) is 4.68 Å². The minimum atomic E-state index is 0.272. The zero-order valence-corrected chi connectivity index (χ0v) is 15.3. The van der Waals surface area contributed by atoms with Gasteiger partial charge in [-0.2, -0.15) is 4.98 Å². The molecule has 7 heteroatoms. The monoisotopic (exact) mass is 352 g/mol. The van der Waals surface area contributed by atoms with E-state index >= 15 is 0 Å². The van der Waals surface area contributed by atoms with Crippen LogP contribution in [0.15, 0.2) is 48.5 Å². The van der Waals surface area contributed by atoms with Crippen molar-refractivity contribution in [2.24, 2.45) is 0 Å². The first-order chi connectivity index (χ1) is 12.6. The Bertz CT molecular complexity index is 841. The molecule has 0 atom stereocenters. The van der Waals surface area contributed by atoms with Crippen molar-refractivity contribution in [3.63, 3.8) is 0 Å². The normalized spacial score (nSPS) is 10.6. The molecule has 3 N–H and O–H groups in total. The Morgan fingerprint density at radius 1 is 1.08 bits per heavy atom. The van der Waals surface area contributed by atoms with Crippen molar-refractivity contribution in [3.05, 3.63) is 59.7 Å². The van der Waals surface area contributed by atoms with E-state index in [0.29, 0.717) is 13.1 Å². The van der Waals surface area contributed by atoms with Crippen molar-refractivity contribution < 1.29 is 4.74 Å². The van der Waals surface area contributed by atoms with Gasteiger partial charge in [0.1, 0.15) is 5.75 Å². The molecule has 0 aliphatic carbocycles. The number of nitrogens with zero attached hydrogens (tertiary/aromatic N) is 4. The molecule has 1 heterocycles. The lowest BCUT2D eigenvalue weighted by Gasteiger charge is -2.19. The summed E-state index contributed by atoms with van der Waals surface area (Å²) in [6.45, 7) is 1.30. The van der Waals surface area contributed by atoms with Gasteiger partial charge in [-0.1, -0.05) is 24.3 Å². The third kappa shape index (κ3) is 4.05. The summed E-state index contributed by atoms with van der Waals surface area (Å²) >= 11 is 0. The number of hydrogen-bond acceptors (Lipinski definition) is 6. The second-order valence-electron chi connectivity index (χ2n) is 6.08. The molecule has 3 aromatic rings. The van der Waals surface area contributed by atoms with Crippen molar-refractivity contribution in [1.29, 1.82) is 0 Å². The van der Waals surface area contributed by atoms with E-state index in [0.717, 1.165) is 28.5 Å². The first kappa shape index (κ1) is 17.6. The molecular formula is C19H24N6O. The predicted molar refractivity (Wildman–Crippen MR) is 105 cm³/mol. The summed E-state index contributed by atoms with van der Waals surface area (Å²) in [7, 11) is 5.54. The summed E-state index contributed by atoms with van der Waals surface area (Å²) in [6, 6.07) is 16.2. The summed E-state index contributed by atoms with van der Waals surface area (Å²) in [5.74, 6) is 1.85. The predicted octanol–water partition coefficient (Wildman–Crippen LogP) is 2.60. The van der Waals surface area contributed by atoms with Crippen LogP contribution in [-0.2, 0) is 13.1 Å². The molecule has 0 bridgehead atoms. The summed E-state index contributed by atoms with van der Waals surface area (Å²) < 4.78 is 7.03. The molecule has 136 valence electrons. The quantitative estimate of drug-likeness (QED) is 0.680. The molecule has 1 aromatic heterocycles. The molecule has 0 aliphatic rings. The van der Waals surface area contributed by atoms with Crippen molar-refractivity contribution in [1.82, 2.24) is 14.8 Å². The second kappa shape index (κ2) is 7.77. The molecule has 0 radical (unpaired) electrons. The Balaban J connectivity index is 1.76. The molecule has 0 spiro atoms. The largest absolute Gasteiger partial charge is 0.497 e. The topological polar surface area (TPSA) is 81.2 Å². The summed E-state index contributed by atoms with van der Waals surface area (Å²) in [4.78, 5) is 6.42. The smallest absolute Gasteiger partial charge is 0.241 e. The van der Waals surface area contributed by atoms with Gasteiger partial charge in [-0.3, -0.25) is 0 Å². The second-order valence-corrected chi connectivity index (χ2v) is 6.08. The number of ether oxygens (including phenoxy) is 1. The van der Waals surface area contributed by atoms with E-state index in [1.54, 1.807) is 7.11 Å². The highest BCUT2D eigenvalue weighted by Gasteiger charge is 2.13. The average molecular weight is 352 g/mol. The molecule has 0 amide bonds. The first-order valence-corrected chi connectivity index (χ1v) is 8.40. The average Bonchev–Trinajstić information content (AvgIpc) is 3.03. The van der Waals surface area contributed by atoms with E-state index < -0.39 is 0 Å². The third-order valence-corrected chi connectivity index (χ3v) is 4.16. The van der Waals surface area contributed by atoms with Crippen LogP contribution < -0.4 is 20.7 Å². The van der Waals surface area contributed by atoms with Crippen molar-refractivity contribution in [2.75, 3.05) is 37.2 Å². The van der Waals surface area contributed by atoms with Crippen LogP contribution in [0.2, 0.25) is 0 Å². The van der Waals surface area contributed by atoms with Crippen LogP contribution in [0.5, 0.6) is 5.75 Å². The van der Waals surface area contributed by atoms with Gasteiger partial charge in [-0.15, -0.1) is 5.10 Å². The molecule has 26 heavy (non-hydrogen) atoms. The molecule has 0 saturated carbocycles. The zero-order chi connectivity index (χ0) is 18.5. The Morgan fingerprint density at radius 2 is 1.73 bits per heavy atom. The van der Waals surface area contributed by atoms with Gasteiger partial charge in [0.15, 0.2) is 0 Å². The summed E-state index contributed by atoms with van der Waals surface area (Å²) in [5, 5.41) is 7.46. The number of methoxy groups -OCH3 is 1. The van der Waals surface area contributed by atoms with Gasteiger partial charge in [0, 0.05) is 26.3 Å². The fourth-order valence-corrected chi connectivity index (χ4v) is 2.76. The third-order valence-electron chi connectivity index (χ3n) is 4.16. The number of nitrogens with one attached hydrogen (secondary N) is 1. The van der Waals surface area contributed by atoms with Gasteiger partial charge >= 0.3 is 0 Å². The van der Waals surface area contributed by atoms with E-state index in [2.05, 4.69) is 27.5 Å². The van der Waals surface area contributed by atoms with Crippen LogP contribution in [0.4, 0.5) is 17.6 Å². The molecule has 0 fully saturated rings. The molecule has 0 saturated heterocycles. The van der Waals surface area contributed by atoms with E-state index in [1.165, 1.54) is 0 Å². The Labute approximate surface area is 153 Å². The fraction of sp³-hybridized carbons (Fsp3) is 0.263. The first-order valence-electron chi connectivity index (χ1n) is 8.40. The minimum Gasteiger partial charge on any atom is -0.497 e. The Morgan fingerprint density at radius 3 is 2.35 bits per heavy atom. The Hall–Kier alpha value is -3.22.